The van der Waals surface area contributed by atoms with Gasteiger partial charge in [0.1, 0.15) is 0 Å². The van der Waals surface area contributed by atoms with Crippen LogP contribution in [-0.4, -0.2) is 18.5 Å². The summed E-state index contributed by atoms with van der Waals surface area (Å²) < 4.78 is 5.77. The molecular formula is C18H15BrClNO3. The molecule has 4 nitrogen and oxygen atoms in total. The van der Waals surface area contributed by atoms with E-state index in [1.807, 2.05) is 30.3 Å². The van der Waals surface area contributed by atoms with Gasteiger partial charge < -0.3 is 10.1 Å². The topological polar surface area (TPSA) is 55.4 Å². The summed E-state index contributed by atoms with van der Waals surface area (Å²) in [5.74, 6) is -0.957. The fraction of sp³-hybridized carbons (Fsp3) is 0.111. The monoisotopic (exact) mass is 407 g/mol. The van der Waals surface area contributed by atoms with Gasteiger partial charge in [0.15, 0.2) is 6.61 Å². The largest absolute Gasteiger partial charge is 0.452 e. The van der Waals surface area contributed by atoms with Crippen molar-refractivity contribution in [2.75, 3.05) is 6.61 Å². The highest BCUT2D eigenvalue weighted by Crippen LogP contribution is 2.17. The SMILES string of the molecule is O=C(COC(=O)/C=C/c1ccccc1Br)NCc1cccc(Cl)c1. The third-order valence-electron chi connectivity index (χ3n) is 3.03. The number of esters is 1. The lowest BCUT2D eigenvalue weighted by molar-refractivity contribution is -0.143. The van der Waals surface area contributed by atoms with Crippen LogP contribution in [0, 0.1) is 0 Å². The lowest BCUT2D eigenvalue weighted by Gasteiger charge is -2.06. The molecule has 0 atom stereocenters. The van der Waals surface area contributed by atoms with Crippen molar-refractivity contribution in [3.8, 4) is 0 Å². The second-order valence-corrected chi connectivity index (χ2v) is 6.16. The average Bonchev–Trinajstić information content (AvgIpc) is 2.57. The smallest absolute Gasteiger partial charge is 0.331 e. The van der Waals surface area contributed by atoms with Crippen LogP contribution in [0.1, 0.15) is 11.1 Å². The Morgan fingerprint density at radius 1 is 1.17 bits per heavy atom. The van der Waals surface area contributed by atoms with E-state index >= 15 is 0 Å². The molecule has 0 aliphatic heterocycles. The Hall–Kier alpha value is -2.11. The van der Waals surface area contributed by atoms with Gasteiger partial charge in [0.2, 0.25) is 0 Å². The number of rotatable bonds is 6. The quantitative estimate of drug-likeness (QED) is 0.581. The van der Waals surface area contributed by atoms with E-state index < -0.39 is 5.97 Å². The molecule has 0 fully saturated rings. The Bertz CT molecular complexity index is 761. The van der Waals surface area contributed by atoms with Crippen LogP contribution in [0.2, 0.25) is 5.02 Å². The Kier molecular flexibility index (Phi) is 7.03. The van der Waals surface area contributed by atoms with Crippen LogP contribution >= 0.6 is 27.5 Å². The van der Waals surface area contributed by atoms with Gasteiger partial charge in [-0.3, -0.25) is 4.79 Å². The first-order valence-electron chi connectivity index (χ1n) is 7.15. The molecule has 0 aromatic heterocycles. The second kappa shape index (κ2) is 9.25. The number of carbonyl (C=O) groups excluding carboxylic acids is 2. The first-order chi connectivity index (χ1) is 11.5. The van der Waals surface area contributed by atoms with Gasteiger partial charge in [-0.05, 0) is 35.4 Å². The van der Waals surface area contributed by atoms with E-state index in [9.17, 15) is 9.59 Å². The molecular weight excluding hydrogens is 394 g/mol. The minimum absolute atomic E-state index is 0.323. The number of halogens is 2. The Balaban J connectivity index is 1.75. The van der Waals surface area contributed by atoms with Crippen molar-refractivity contribution < 1.29 is 14.3 Å². The number of hydrogen-bond donors (Lipinski definition) is 1. The Morgan fingerprint density at radius 3 is 2.71 bits per heavy atom. The molecule has 0 aliphatic carbocycles. The zero-order valence-corrected chi connectivity index (χ0v) is 15.0. The molecule has 0 saturated carbocycles. The van der Waals surface area contributed by atoms with Crippen LogP contribution in [-0.2, 0) is 20.9 Å². The lowest BCUT2D eigenvalue weighted by atomic mass is 10.2. The molecule has 0 saturated heterocycles. The summed E-state index contributed by atoms with van der Waals surface area (Å²) in [6.07, 6.45) is 2.90. The average molecular weight is 409 g/mol. The van der Waals surface area contributed by atoms with Gasteiger partial charge >= 0.3 is 5.97 Å². The summed E-state index contributed by atoms with van der Waals surface area (Å²) >= 11 is 9.25. The summed E-state index contributed by atoms with van der Waals surface area (Å²) in [6.45, 7) is -0.0105. The zero-order valence-electron chi connectivity index (χ0n) is 12.7. The highest BCUT2D eigenvalue weighted by atomic mass is 79.9. The maximum Gasteiger partial charge on any atom is 0.331 e. The molecule has 2 aromatic carbocycles. The van der Waals surface area contributed by atoms with E-state index in [0.717, 1.165) is 15.6 Å². The summed E-state index contributed by atoms with van der Waals surface area (Å²) in [5.41, 5.74) is 1.72. The number of amides is 1. The lowest BCUT2D eigenvalue weighted by Crippen LogP contribution is -2.28. The third-order valence-corrected chi connectivity index (χ3v) is 3.99. The van der Waals surface area contributed by atoms with Crippen LogP contribution in [0.5, 0.6) is 0 Å². The van der Waals surface area contributed by atoms with Crippen LogP contribution in [0.25, 0.3) is 6.08 Å². The van der Waals surface area contributed by atoms with Gasteiger partial charge in [-0.2, -0.15) is 0 Å². The normalized spacial score (nSPS) is 10.6. The number of benzene rings is 2. The molecule has 0 radical (unpaired) electrons. The Morgan fingerprint density at radius 2 is 1.96 bits per heavy atom. The van der Waals surface area contributed by atoms with Crippen LogP contribution in [0.15, 0.2) is 59.1 Å². The molecule has 6 heteroatoms. The molecule has 0 heterocycles. The maximum absolute atomic E-state index is 11.7. The van der Waals surface area contributed by atoms with Gasteiger partial charge in [-0.1, -0.05) is 57.9 Å². The van der Waals surface area contributed by atoms with Crippen molar-refractivity contribution in [1.82, 2.24) is 5.32 Å². The van der Waals surface area contributed by atoms with E-state index in [0.29, 0.717) is 11.6 Å². The second-order valence-electron chi connectivity index (χ2n) is 4.87. The highest BCUT2D eigenvalue weighted by molar-refractivity contribution is 9.10. The zero-order chi connectivity index (χ0) is 17.4. The minimum atomic E-state index is -0.580. The predicted octanol–water partition coefficient (Wildman–Crippen LogP) is 3.98. The van der Waals surface area contributed by atoms with Gasteiger partial charge in [-0.25, -0.2) is 4.79 Å². The van der Waals surface area contributed by atoms with Crippen molar-refractivity contribution in [2.24, 2.45) is 0 Å². The summed E-state index contributed by atoms with van der Waals surface area (Å²) in [6, 6.07) is 14.6. The molecule has 2 aromatic rings. The first-order valence-corrected chi connectivity index (χ1v) is 8.32. The van der Waals surface area contributed by atoms with E-state index in [-0.39, 0.29) is 12.5 Å². The van der Waals surface area contributed by atoms with Crippen molar-refractivity contribution in [3.63, 3.8) is 0 Å². The van der Waals surface area contributed by atoms with Crippen molar-refractivity contribution in [3.05, 3.63) is 75.2 Å². The van der Waals surface area contributed by atoms with Crippen molar-refractivity contribution in [1.29, 1.82) is 0 Å². The van der Waals surface area contributed by atoms with Gasteiger partial charge in [0.25, 0.3) is 5.91 Å². The number of nitrogens with one attached hydrogen (secondary N) is 1. The fourth-order valence-electron chi connectivity index (χ4n) is 1.85. The number of hydrogen-bond acceptors (Lipinski definition) is 3. The van der Waals surface area contributed by atoms with E-state index in [2.05, 4.69) is 21.2 Å². The molecule has 124 valence electrons. The standard InChI is InChI=1S/C18H15BrClNO3/c19-16-7-2-1-5-14(16)8-9-18(23)24-12-17(22)21-11-13-4-3-6-15(20)10-13/h1-10H,11-12H2,(H,21,22)/b9-8+. The molecule has 24 heavy (non-hydrogen) atoms. The highest BCUT2D eigenvalue weighted by Gasteiger charge is 2.05. The number of ether oxygens (including phenoxy) is 1. The van der Waals surface area contributed by atoms with E-state index in [1.54, 1.807) is 24.3 Å². The molecule has 1 N–H and O–H groups in total. The Labute approximate surface area is 153 Å². The van der Waals surface area contributed by atoms with Crippen molar-refractivity contribution >= 4 is 45.5 Å². The third kappa shape index (κ3) is 6.18. The summed E-state index contributed by atoms with van der Waals surface area (Å²) in [4.78, 5) is 23.3. The van der Waals surface area contributed by atoms with Crippen LogP contribution in [0.4, 0.5) is 0 Å². The molecule has 0 aliphatic rings. The van der Waals surface area contributed by atoms with Crippen LogP contribution < -0.4 is 5.32 Å². The summed E-state index contributed by atoms with van der Waals surface area (Å²) in [7, 11) is 0. The predicted molar refractivity (Wildman–Crippen MR) is 97.4 cm³/mol. The first kappa shape index (κ1) is 18.2. The summed E-state index contributed by atoms with van der Waals surface area (Å²) in [5, 5.41) is 3.26. The molecule has 0 unspecified atom stereocenters. The number of carbonyl (C=O) groups is 2. The fourth-order valence-corrected chi connectivity index (χ4v) is 2.48. The van der Waals surface area contributed by atoms with E-state index in [4.69, 9.17) is 16.3 Å². The molecule has 0 bridgehead atoms. The van der Waals surface area contributed by atoms with Crippen LogP contribution in [0.3, 0.4) is 0 Å². The van der Waals surface area contributed by atoms with E-state index in [1.165, 1.54) is 6.08 Å². The van der Waals surface area contributed by atoms with Crippen molar-refractivity contribution in [2.45, 2.75) is 6.54 Å². The molecule has 0 spiro atoms. The molecule has 2 rings (SSSR count). The van der Waals surface area contributed by atoms with Gasteiger partial charge in [-0.15, -0.1) is 0 Å². The molecule has 1 amide bonds. The minimum Gasteiger partial charge on any atom is -0.452 e. The maximum atomic E-state index is 11.7. The van der Waals surface area contributed by atoms with Gasteiger partial charge in [0.05, 0.1) is 0 Å². The van der Waals surface area contributed by atoms with Gasteiger partial charge in [0, 0.05) is 22.1 Å².